The Hall–Kier alpha value is -2.93. The second kappa shape index (κ2) is 8.64. The molecule has 2 aromatic rings. The molecule has 1 aliphatic rings. The smallest absolute Gasteiger partial charge is 0.269 e. The van der Waals surface area contributed by atoms with Crippen molar-refractivity contribution in [2.45, 2.75) is 13.3 Å². The highest BCUT2D eigenvalue weighted by atomic mass is 16.6. The molecule has 0 saturated carbocycles. The Morgan fingerprint density at radius 2 is 1.74 bits per heavy atom. The number of anilines is 2. The van der Waals surface area contributed by atoms with E-state index in [1.165, 1.54) is 10.5 Å². The molecule has 1 fully saturated rings. The Labute approximate surface area is 158 Å². The largest absolute Gasteiger partial charge is 0.360 e. The predicted octanol–water partition coefficient (Wildman–Crippen LogP) is 1.64. The number of non-ortho nitro benzene ring substituents is 1. The van der Waals surface area contributed by atoms with Crippen molar-refractivity contribution in [3.05, 3.63) is 64.2 Å². The lowest BCUT2D eigenvalue weighted by molar-refractivity contribution is -0.900. The van der Waals surface area contributed by atoms with Crippen molar-refractivity contribution in [2.75, 3.05) is 42.9 Å². The maximum absolute atomic E-state index is 12.1. The van der Waals surface area contributed by atoms with Gasteiger partial charge in [-0.1, -0.05) is 17.7 Å². The molecule has 27 heavy (non-hydrogen) atoms. The maximum atomic E-state index is 12.1. The first kappa shape index (κ1) is 18.8. The number of benzene rings is 2. The van der Waals surface area contributed by atoms with Gasteiger partial charge in [0.1, 0.15) is 0 Å². The van der Waals surface area contributed by atoms with Crippen LogP contribution in [0.4, 0.5) is 17.1 Å². The van der Waals surface area contributed by atoms with E-state index in [0.717, 1.165) is 44.1 Å². The molecule has 142 valence electrons. The van der Waals surface area contributed by atoms with E-state index in [9.17, 15) is 14.9 Å². The van der Waals surface area contributed by atoms with Gasteiger partial charge in [-0.25, -0.2) is 0 Å². The van der Waals surface area contributed by atoms with Crippen LogP contribution in [0.2, 0.25) is 0 Å². The number of quaternary nitrogens is 1. The highest BCUT2D eigenvalue weighted by Crippen LogP contribution is 2.19. The molecular weight excluding hydrogens is 344 g/mol. The SMILES string of the molecule is Cc1ccc(NC(=O)CC[NH+]2CCN(c3ccc([N+](=O)[O-])cc3)CC2)cc1. The molecule has 3 rings (SSSR count). The van der Waals surface area contributed by atoms with Crippen LogP contribution in [-0.4, -0.2) is 43.6 Å². The Kier molecular flexibility index (Phi) is 6.03. The number of hydrogen-bond acceptors (Lipinski definition) is 4. The van der Waals surface area contributed by atoms with Gasteiger partial charge in [-0.15, -0.1) is 0 Å². The minimum atomic E-state index is -0.381. The zero-order chi connectivity index (χ0) is 19.2. The lowest BCUT2D eigenvalue weighted by Crippen LogP contribution is -3.15. The van der Waals surface area contributed by atoms with Gasteiger partial charge in [-0.05, 0) is 31.2 Å². The molecular formula is C20H25N4O3+. The zero-order valence-electron chi connectivity index (χ0n) is 15.5. The van der Waals surface area contributed by atoms with Crippen LogP contribution in [-0.2, 0) is 4.79 Å². The fourth-order valence-electron chi connectivity index (χ4n) is 3.27. The number of nitrogens with one attached hydrogen (secondary N) is 2. The Balaban J connectivity index is 1.42. The lowest BCUT2D eigenvalue weighted by atomic mass is 10.2. The topological polar surface area (TPSA) is 79.9 Å². The summed E-state index contributed by atoms with van der Waals surface area (Å²) in [6.45, 7) is 6.50. The highest BCUT2D eigenvalue weighted by molar-refractivity contribution is 5.90. The van der Waals surface area contributed by atoms with E-state index in [0.29, 0.717) is 6.42 Å². The van der Waals surface area contributed by atoms with Gasteiger partial charge in [-0.2, -0.15) is 0 Å². The Bertz CT molecular complexity index is 782. The molecule has 1 amide bonds. The number of nitro benzene ring substituents is 1. The van der Waals surface area contributed by atoms with Crippen molar-refractivity contribution < 1.29 is 14.6 Å². The summed E-state index contributed by atoms with van der Waals surface area (Å²) in [6.07, 6.45) is 0.501. The number of amides is 1. The predicted molar refractivity (Wildman–Crippen MR) is 105 cm³/mol. The average Bonchev–Trinajstić information content (AvgIpc) is 2.69. The van der Waals surface area contributed by atoms with Gasteiger partial charge in [0, 0.05) is 23.5 Å². The number of nitrogens with zero attached hydrogens (tertiary/aromatic N) is 2. The number of nitro groups is 1. The first-order chi connectivity index (χ1) is 13.0. The number of piperazine rings is 1. The van der Waals surface area contributed by atoms with E-state index >= 15 is 0 Å². The second-order valence-electron chi connectivity index (χ2n) is 6.92. The molecule has 0 atom stereocenters. The molecule has 1 aliphatic heterocycles. The van der Waals surface area contributed by atoms with Gasteiger partial charge in [0.15, 0.2) is 0 Å². The summed E-state index contributed by atoms with van der Waals surface area (Å²) in [5, 5.41) is 13.7. The van der Waals surface area contributed by atoms with Crippen LogP contribution in [0, 0.1) is 17.0 Å². The van der Waals surface area contributed by atoms with Gasteiger partial charge in [0.2, 0.25) is 5.91 Å². The van der Waals surface area contributed by atoms with E-state index in [4.69, 9.17) is 0 Å². The van der Waals surface area contributed by atoms with Crippen LogP contribution in [0.15, 0.2) is 48.5 Å². The summed E-state index contributed by atoms with van der Waals surface area (Å²) in [5.41, 5.74) is 3.13. The van der Waals surface area contributed by atoms with Crippen molar-refractivity contribution in [1.82, 2.24) is 0 Å². The van der Waals surface area contributed by atoms with E-state index in [1.54, 1.807) is 24.3 Å². The molecule has 2 N–H and O–H groups in total. The van der Waals surface area contributed by atoms with Crippen molar-refractivity contribution >= 4 is 23.0 Å². The molecule has 0 unspecified atom stereocenters. The fraction of sp³-hybridized carbons (Fsp3) is 0.350. The van der Waals surface area contributed by atoms with Crippen LogP contribution in [0.1, 0.15) is 12.0 Å². The molecule has 1 saturated heterocycles. The zero-order valence-corrected chi connectivity index (χ0v) is 15.5. The molecule has 0 radical (unpaired) electrons. The molecule has 2 aromatic carbocycles. The molecule has 0 aliphatic carbocycles. The van der Waals surface area contributed by atoms with Gasteiger partial charge in [-0.3, -0.25) is 14.9 Å². The lowest BCUT2D eigenvalue weighted by Gasteiger charge is -2.33. The third kappa shape index (κ3) is 5.27. The molecule has 7 nitrogen and oxygen atoms in total. The van der Waals surface area contributed by atoms with Crippen molar-refractivity contribution in [3.8, 4) is 0 Å². The van der Waals surface area contributed by atoms with Crippen LogP contribution in [0.5, 0.6) is 0 Å². The number of aryl methyl sites for hydroxylation is 1. The minimum absolute atomic E-state index is 0.0455. The maximum Gasteiger partial charge on any atom is 0.269 e. The first-order valence-electron chi connectivity index (χ1n) is 9.21. The summed E-state index contributed by atoms with van der Waals surface area (Å²) in [6, 6.07) is 14.5. The summed E-state index contributed by atoms with van der Waals surface area (Å²) in [7, 11) is 0. The summed E-state index contributed by atoms with van der Waals surface area (Å²) in [4.78, 5) is 26.1. The van der Waals surface area contributed by atoms with Crippen LogP contribution in [0.3, 0.4) is 0 Å². The first-order valence-corrected chi connectivity index (χ1v) is 9.21. The Morgan fingerprint density at radius 1 is 1.11 bits per heavy atom. The molecule has 1 heterocycles. The second-order valence-corrected chi connectivity index (χ2v) is 6.92. The van der Waals surface area contributed by atoms with E-state index in [1.807, 2.05) is 31.2 Å². The quantitative estimate of drug-likeness (QED) is 0.599. The number of carbonyl (C=O) groups excluding carboxylic acids is 1. The minimum Gasteiger partial charge on any atom is -0.360 e. The van der Waals surface area contributed by atoms with Gasteiger partial charge in [0.05, 0.1) is 44.1 Å². The molecule has 0 aromatic heterocycles. The Morgan fingerprint density at radius 3 is 2.33 bits per heavy atom. The fourth-order valence-corrected chi connectivity index (χ4v) is 3.27. The summed E-state index contributed by atoms with van der Waals surface area (Å²) < 4.78 is 0. The summed E-state index contributed by atoms with van der Waals surface area (Å²) in [5.74, 6) is 0.0455. The summed E-state index contributed by atoms with van der Waals surface area (Å²) >= 11 is 0. The number of rotatable bonds is 6. The normalized spacial score (nSPS) is 14.8. The molecule has 0 spiro atoms. The monoisotopic (exact) mass is 369 g/mol. The van der Waals surface area contributed by atoms with Crippen LogP contribution < -0.4 is 15.1 Å². The van der Waals surface area contributed by atoms with Crippen LogP contribution >= 0.6 is 0 Å². The third-order valence-electron chi connectivity index (χ3n) is 4.94. The number of carbonyl (C=O) groups is 1. The highest BCUT2D eigenvalue weighted by Gasteiger charge is 2.21. The van der Waals surface area contributed by atoms with Gasteiger partial charge < -0.3 is 15.1 Å². The third-order valence-corrected chi connectivity index (χ3v) is 4.94. The average molecular weight is 369 g/mol. The van der Waals surface area contributed by atoms with E-state index in [-0.39, 0.29) is 16.5 Å². The van der Waals surface area contributed by atoms with Crippen molar-refractivity contribution in [3.63, 3.8) is 0 Å². The van der Waals surface area contributed by atoms with Crippen molar-refractivity contribution in [2.24, 2.45) is 0 Å². The van der Waals surface area contributed by atoms with E-state index < -0.39 is 0 Å². The standard InChI is InChI=1S/C20H24N4O3/c1-16-2-4-17(5-3-16)21-20(25)10-11-22-12-14-23(15-13-22)18-6-8-19(9-7-18)24(26)27/h2-9H,10-15H2,1H3,(H,21,25)/p+1. The number of hydrogen-bond donors (Lipinski definition) is 2. The molecule has 7 heteroatoms. The van der Waals surface area contributed by atoms with E-state index in [2.05, 4.69) is 10.2 Å². The van der Waals surface area contributed by atoms with Gasteiger partial charge in [0.25, 0.3) is 5.69 Å². The van der Waals surface area contributed by atoms with Crippen molar-refractivity contribution in [1.29, 1.82) is 0 Å². The van der Waals surface area contributed by atoms with Gasteiger partial charge >= 0.3 is 0 Å². The van der Waals surface area contributed by atoms with Crippen LogP contribution in [0.25, 0.3) is 0 Å². The molecule has 0 bridgehead atoms.